The summed E-state index contributed by atoms with van der Waals surface area (Å²) in [4.78, 5) is 23.2. The second-order valence-corrected chi connectivity index (χ2v) is 4.27. The molecule has 21 heavy (non-hydrogen) atoms. The molecule has 0 saturated carbocycles. The fourth-order valence-corrected chi connectivity index (χ4v) is 1.62. The zero-order chi connectivity index (χ0) is 15.2. The van der Waals surface area contributed by atoms with Crippen LogP contribution in [0.3, 0.4) is 0 Å². The molecular formula is C15H12F2N2O2. The van der Waals surface area contributed by atoms with Crippen molar-refractivity contribution in [3.05, 3.63) is 65.7 Å². The van der Waals surface area contributed by atoms with Crippen LogP contribution < -0.4 is 10.6 Å². The molecule has 2 aromatic carbocycles. The number of halogens is 2. The maximum atomic E-state index is 12.9. The normalized spacial score (nSPS) is 10.0. The van der Waals surface area contributed by atoms with Crippen LogP contribution in [0.15, 0.2) is 48.5 Å². The van der Waals surface area contributed by atoms with Gasteiger partial charge in [0.1, 0.15) is 11.6 Å². The Labute approximate surface area is 119 Å². The van der Waals surface area contributed by atoms with Gasteiger partial charge in [-0.05, 0) is 35.9 Å². The molecule has 0 fully saturated rings. The van der Waals surface area contributed by atoms with Gasteiger partial charge in [-0.15, -0.1) is 0 Å². The zero-order valence-electron chi connectivity index (χ0n) is 10.9. The number of rotatable bonds is 3. The van der Waals surface area contributed by atoms with Crippen molar-refractivity contribution >= 4 is 17.5 Å². The Bertz CT molecular complexity index is 657. The van der Waals surface area contributed by atoms with E-state index in [-0.39, 0.29) is 18.0 Å². The molecule has 2 amide bonds. The molecule has 0 heterocycles. The predicted octanol–water partition coefficient (Wildman–Crippen LogP) is 2.22. The van der Waals surface area contributed by atoms with Crippen molar-refractivity contribution in [2.24, 2.45) is 0 Å². The minimum absolute atomic E-state index is 0.0929. The molecular weight excluding hydrogens is 278 g/mol. The molecule has 0 atom stereocenters. The minimum atomic E-state index is -0.900. The van der Waals surface area contributed by atoms with E-state index in [4.69, 9.17) is 0 Å². The number of amides is 2. The molecule has 0 saturated heterocycles. The van der Waals surface area contributed by atoms with Gasteiger partial charge in [0.2, 0.25) is 0 Å². The van der Waals surface area contributed by atoms with Crippen LogP contribution in [0.1, 0.15) is 5.56 Å². The molecule has 6 heteroatoms. The Kier molecular flexibility index (Phi) is 4.61. The van der Waals surface area contributed by atoms with Gasteiger partial charge in [-0.3, -0.25) is 9.59 Å². The molecule has 0 bridgehead atoms. The molecule has 2 rings (SSSR count). The number of hydrogen-bond acceptors (Lipinski definition) is 2. The number of carbonyl (C=O) groups is 2. The number of nitrogens with one attached hydrogen (secondary N) is 2. The van der Waals surface area contributed by atoms with E-state index in [1.54, 1.807) is 0 Å². The first-order chi connectivity index (χ1) is 10.0. The van der Waals surface area contributed by atoms with E-state index in [9.17, 15) is 18.4 Å². The third kappa shape index (κ3) is 4.38. The summed E-state index contributed by atoms with van der Waals surface area (Å²) in [7, 11) is 0. The molecule has 0 aliphatic rings. The van der Waals surface area contributed by atoms with Gasteiger partial charge in [-0.1, -0.05) is 18.2 Å². The van der Waals surface area contributed by atoms with Crippen LogP contribution in [-0.4, -0.2) is 11.8 Å². The molecule has 0 aromatic heterocycles. The van der Waals surface area contributed by atoms with Crippen molar-refractivity contribution in [3.8, 4) is 0 Å². The van der Waals surface area contributed by atoms with E-state index < -0.39 is 17.6 Å². The highest BCUT2D eigenvalue weighted by atomic mass is 19.1. The third-order valence-corrected chi connectivity index (χ3v) is 2.66. The summed E-state index contributed by atoms with van der Waals surface area (Å²) in [5.74, 6) is -2.65. The van der Waals surface area contributed by atoms with Crippen molar-refractivity contribution < 1.29 is 18.4 Å². The molecule has 2 aromatic rings. The maximum absolute atomic E-state index is 12.9. The van der Waals surface area contributed by atoms with E-state index in [2.05, 4.69) is 10.6 Å². The second-order valence-electron chi connectivity index (χ2n) is 4.27. The van der Waals surface area contributed by atoms with Crippen LogP contribution in [0.2, 0.25) is 0 Å². The highest BCUT2D eigenvalue weighted by Gasteiger charge is 2.13. The fourth-order valence-electron chi connectivity index (χ4n) is 1.62. The summed E-state index contributed by atoms with van der Waals surface area (Å²) in [6, 6.07) is 10.7. The molecule has 0 radical (unpaired) electrons. The van der Waals surface area contributed by atoms with Crippen molar-refractivity contribution in [1.82, 2.24) is 5.32 Å². The Hall–Kier alpha value is -2.76. The topological polar surface area (TPSA) is 58.2 Å². The van der Waals surface area contributed by atoms with Gasteiger partial charge >= 0.3 is 11.8 Å². The van der Waals surface area contributed by atoms with E-state index in [0.29, 0.717) is 5.56 Å². The first kappa shape index (κ1) is 14.6. The number of anilines is 1. The average Bonchev–Trinajstić information content (AvgIpc) is 2.46. The van der Waals surface area contributed by atoms with Gasteiger partial charge in [-0.25, -0.2) is 8.78 Å². The van der Waals surface area contributed by atoms with Crippen LogP contribution in [0, 0.1) is 11.6 Å². The second kappa shape index (κ2) is 6.60. The van der Waals surface area contributed by atoms with Crippen molar-refractivity contribution in [2.75, 3.05) is 5.32 Å². The van der Waals surface area contributed by atoms with Crippen LogP contribution in [-0.2, 0) is 16.1 Å². The lowest BCUT2D eigenvalue weighted by atomic mass is 10.2. The first-order valence-corrected chi connectivity index (χ1v) is 6.14. The van der Waals surface area contributed by atoms with E-state index in [1.165, 1.54) is 42.5 Å². The highest BCUT2D eigenvalue weighted by molar-refractivity contribution is 6.39. The highest BCUT2D eigenvalue weighted by Crippen LogP contribution is 2.08. The molecule has 2 N–H and O–H groups in total. The van der Waals surface area contributed by atoms with Crippen LogP contribution in [0.25, 0.3) is 0 Å². The van der Waals surface area contributed by atoms with Crippen molar-refractivity contribution in [2.45, 2.75) is 6.54 Å². The van der Waals surface area contributed by atoms with Gasteiger partial charge in [0.05, 0.1) is 0 Å². The molecule has 4 nitrogen and oxygen atoms in total. The van der Waals surface area contributed by atoms with Crippen molar-refractivity contribution in [1.29, 1.82) is 0 Å². The summed E-state index contributed by atoms with van der Waals surface area (Å²) in [6.45, 7) is 0.0929. The van der Waals surface area contributed by atoms with Gasteiger partial charge in [-0.2, -0.15) is 0 Å². The van der Waals surface area contributed by atoms with Gasteiger partial charge in [0.25, 0.3) is 0 Å². The molecule has 0 unspecified atom stereocenters. The number of hydrogen-bond donors (Lipinski definition) is 2. The summed E-state index contributed by atoms with van der Waals surface area (Å²) in [5, 5.41) is 4.66. The van der Waals surface area contributed by atoms with E-state index in [1.807, 2.05) is 0 Å². The lowest BCUT2D eigenvalue weighted by Gasteiger charge is -2.06. The standard InChI is InChI=1S/C15H12F2N2O2/c16-11-6-4-10(5-7-11)9-18-14(20)15(21)19-13-3-1-2-12(17)8-13/h1-8H,9H2,(H,18,20)(H,19,21). The van der Waals surface area contributed by atoms with Gasteiger partial charge in [0, 0.05) is 12.2 Å². The SMILES string of the molecule is O=C(NCc1ccc(F)cc1)C(=O)Nc1cccc(F)c1. The molecule has 0 spiro atoms. The molecule has 108 valence electrons. The quantitative estimate of drug-likeness (QED) is 0.852. The average molecular weight is 290 g/mol. The monoisotopic (exact) mass is 290 g/mol. The largest absolute Gasteiger partial charge is 0.344 e. The zero-order valence-corrected chi connectivity index (χ0v) is 10.9. The molecule has 0 aliphatic carbocycles. The lowest BCUT2D eigenvalue weighted by Crippen LogP contribution is -2.34. The first-order valence-electron chi connectivity index (χ1n) is 6.14. The maximum Gasteiger partial charge on any atom is 0.313 e. The van der Waals surface area contributed by atoms with E-state index in [0.717, 1.165) is 6.07 Å². The fraction of sp³-hybridized carbons (Fsp3) is 0.0667. The lowest BCUT2D eigenvalue weighted by molar-refractivity contribution is -0.136. The summed E-state index contributed by atoms with van der Waals surface area (Å²) >= 11 is 0. The summed E-state index contributed by atoms with van der Waals surface area (Å²) in [5.41, 5.74) is 0.847. The Morgan fingerprint density at radius 1 is 0.905 bits per heavy atom. The van der Waals surface area contributed by atoms with E-state index >= 15 is 0 Å². The van der Waals surface area contributed by atoms with Crippen LogP contribution in [0.5, 0.6) is 0 Å². The Morgan fingerprint density at radius 3 is 2.29 bits per heavy atom. The van der Waals surface area contributed by atoms with Crippen LogP contribution >= 0.6 is 0 Å². The number of carbonyl (C=O) groups excluding carboxylic acids is 2. The molecule has 0 aliphatic heterocycles. The van der Waals surface area contributed by atoms with Gasteiger partial charge in [0.15, 0.2) is 0 Å². The Morgan fingerprint density at radius 2 is 1.62 bits per heavy atom. The minimum Gasteiger partial charge on any atom is -0.344 e. The van der Waals surface area contributed by atoms with Gasteiger partial charge < -0.3 is 10.6 Å². The smallest absolute Gasteiger partial charge is 0.313 e. The summed E-state index contributed by atoms with van der Waals surface area (Å²) in [6.07, 6.45) is 0. The van der Waals surface area contributed by atoms with Crippen molar-refractivity contribution in [3.63, 3.8) is 0 Å². The third-order valence-electron chi connectivity index (χ3n) is 2.66. The Balaban J connectivity index is 1.88. The predicted molar refractivity (Wildman–Crippen MR) is 73.3 cm³/mol. The van der Waals surface area contributed by atoms with Crippen LogP contribution in [0.4, 0.5) is 14.5 Å². The number of benzene rings is 2. The summed E-state index contributed by atoms with van der Waals surface area (Å²) < 4.78 is 25.6.